The summed E-state index contributed by atoms with van der Waals surface area (Å²) in [6.45, 7) is -0.112. The van der Waals surface area contributed by atoms with Gasteiger partial charge in [0.1, 0.15) is 0 Å². The topological polar surface area (TPSA) is 40.5 Å². The van der Waals surface area contributed by atoms with E-state index in [4.69, 9.17) is 10.2 Å². The Bertz CT molecular complexity index is 28.0. The Hall–Kier alpha value is 0.270. The predicted octanol–water partition coefficient (Wildman–Crippen LogP) is -0.731. The van der Waals surface area contributed by atoms with Crippen LogP contribution in [0.15, 0.2) is 0 Å². The molecule has 3 heteroatoms. The highest BCUT2D eigenvalue weighted by molar-refractivity contribution is 7.81. The lowest BCUT2D eigenvalue weighted by molar-refractivity contribution is 0.229. The van der Waals surface area contributed by atoms with Crippen LogP contribution in [0.4, 0.5) is 0 Å². The van der Waals surface area contributed by atoms with Gasteiger partial charge in [-0.3, -0.25) is 0 Å². The van der Waals surface area contributed by atoms with Crippen molar-refractivity contribution >= 4 is 12.6 Å². The Morgan fingerprint density at radius 1 is 1.33 bits per heavy atom. The van der Waals surface area contributed by atoms with Crippen LogP contribution in [0.25, 0.3) is 0 Å². The minimum absolute atomic E-state index is 0.0559. The molecule has 38 valence electrons. The molecule has 0 rings (SSSR count). The van der Waals surface area contributed by atoms with E-state index in [1.807, 2.05) is 0 Å². The minimum Gasteiger partial charge on any atom is -0.395 e. The van der Waals surface area contributed by atoms with E-state index in [9.17, 15) is 0 Å². The number of aliphatic hydroxyl groups excluding tert-OH is 2. The van der Waals surface area contributed by atoms with E-state index >= 15 is 0 Å². The van der Waals surface area contributed by atoms with Crippen LogP contribution >= 0.6 is 12.6 Å². The number of hydrogen-bond donors (Lipinski definition) is 3. The Morgan fingerprint density at radius 2 is 1.67 bits per heavy atom. The van der Waals surface area contributed by atoms with E-state index in [-0.39, 0.29) is 18.5 Å². The third-order valence-corrected chi connectivity index (χ3v) is 0.748. The molecule has 2 nitrogen and oxygen atoms in total. The molecule has 0 fully saturated rings. The summed E-state index contributed by atoms with van der Waals surface area (Å²) in [5.41, 5.74) is 0. The fraction of sp³-hybridized carbons (Fsp3) is 1.00. The molecule has 0 aromatic heterocycles. The zero-order chi connectivity index (χ0) is 4.99. The van der Waals surface area contributed by atoms with Crippen LogP contribution in [0.2, 0.25) is 0 Å². The first kappa shape index (κ1) is 6.27. The summed E-state index contributed by atoms with van der Waals surface area (Å²) in [6, 6.07) is 0. The second-order valence-corrected chi connectivity index (χ2v) is 1.75. The first-order chi connectivity index (χ1) is 2.81. The van der Waals surface area contributed by atoms with Gasteiger partial charge in [0.15, 0.2) is 0 Å². The van der Waals surface area contributed by atoms with Crippen LogP contribution in [-0.2, 0) is 0 Å². The summed E-state index contributed by atoms with van der Waals surface area (Å²) in [7, 11) is 0. The van der Waals surface area contributed by atoms with Gasteiger partial charge in [-0.25, -0.2) is 0 Å². The van der Waals surface area contributed by atoms with Gasteiger partial charge in [-0.15, -0.1) is 0 Å². The summed E-state index contributed by atoms with van der Waals surface area (Å²) >= 11 is 3.73. The SMILES string of the molecule is OCC(S)CO. The normalized spacial score (nSPS) is 10.0. The zero-order valence-corrected chi connectivity index (χ0v) is 4.23. The average Bonchev–Trinajstić information content (AvgIpc) is 1.65. The summed E-state index contributed by atoms with van der Waals surface area (Å²) < 4.78 is 0. The lowest BCUT2D eigenvalue weighted by atomic mass is 10.5. The minimum atomic E-state index is -0.259. The molecule has 0 aliphatic heterocycles. The summed E-state index contributed by atoms with van der Waals surface area (Å²) in [5.74, 6) is 0. The maximum absolute atomic E-state index is 8.10. The Kier molecular flexibility index (Phi) is 3.62. The van der Waals surface area contributed by atoms with Crippen molar-refractivity contribution in [3.8, 4) is 0 Å². The van der Waals surface area contributed by atoms with Gasteiger partial charge in [0.2, 0.25) is 0 Å². The molecule has 0 aliphatic rings. The Labute approximate surface area is 42.2 Å². The van der Waals surface area contributed by atoms with Crippen LogP contribution in [-0.4, -0.2) is 28.7 Å². The highest BCUT2D eigenvalue weighted by Crippen LogP contribution is 1.87. The summed E-state index contributed by atoms with van der Waals surface area (Å²) in [5, 5.41) is 15.9. The zero-order valence-electron chi connectivity index (χ0n) is 3.33. The van der Waals surface area contributed by atoms with E-state index in [1.165, 1.54) is 0 Å². The molecule has 0 atom stereocenters. The van der Waals surface area contributed by atoms with Crippen LogP contribution < -0.4 is 0 Å². The van der Waals surface area contributed by atoms with Crippen LogP contribution in [0.1, 0.15) is 0 Å². The molecule has 0 aromatic carbocycles. The van der Waals surface area contributed by atoms with Crippen molar-refractivity contribution in [2.24, 2.45) is 0 Å². The molecule has 0 amide bonds. The van der Waals surface area contributed by atoms with E-state index < -0.39 is 0 Å². The fourth-order valence-electron chi connectivity index (χ4n) is 0.0577. The lowest BCUT2D eigenvalue weighted by Crippen LogP contribution is -2.08. The smallest absolute Gasteiger partial charge is 0.0569 e. The predicted molar refractivity (Wildman–Crippen MR) is 26.9 cm³/mol. The number of rotatable bonds is 2. The van der Waals surface area contributed by atoms with E-state index in [1.54, 1.807) is 0 Å². The second-order valence-electron chi connectivity index (χ2n) is 1.02. The molecule has 0 aromatic rings. The van der Waals surface area contributed by atoms with Crippen LogP contribution in [0.3, 0.4) is 0 Å². The maximum atomic E-state index is 8.10. The van der Waals surface area contributed by atoms with Gasteiger partial charge in [-0.2, -0.15) is 12.6 Å². The lowest BCUT2D eigenvalue weighted by Gasteiger charge is -1.96. The maximum Gasteiger partial charge on any atom is 0.0569 e. The summed E-state index contributed by atoms with van der Waals surface area (Å²) in [6.07, 6.45) is 0. The van der Waals surface area contributed by atoms with Crippen LogP contribution in [0.5, 0.6) is 0 Å². The van der Waals surface area contributed by atoms with Crippen molar-refractivity contribution in [1.29, 1.82) is 0 Å². The molecule has 0 bridgehead atoms. The summed E-state index contributed by atoms with van der Waals surface area (Å²) in [4.78, 5) is 0. The first-order valence-electron chi connectivity index (χ1n) is 1.71. The average molecular weight is 108 g/mol. The highest BCUT2D eigenvalue weighted by Gasteiger charge is 1.92. The van der Waals surface area contributed by atoms with Crippen molar-refractivity contribution in [1.82, 2.24) is 0 Å². The van der Waals surface area contributed by atoms with Gasteiger partial charge in [0, 0.05) is 5.25 Å². The Morgan fingerprint density at radius 3 is 1.67 bits per heavy atom. The van der Waals surface area contributed by atoms with Crippen LogP contribution in [0, 0.1) is 0 Å². The molecule has 0 radical (unpaired) electrons. The van der Waals surface area contributed by atoms with Gasteiger partial charge in [-0.05, 0) is 0 Å². The highest BCUT2D eigenvalue weighted by atomic mass is 32.1. The largest absolute Gasteiger partial charge is 0.395 e. The second kappa shape index (κ2) is 3.46. The molecule has 0 heterocycles. The van der Waals surface area contributed by atoms with Crippen molar-refractivity contribution in [3.05, 3.63) is 0 Å². The Balaban J connectivity index is 2.75. The molecule has 0 spiro atoms. The van der Waals surface area contributed by atoms with Gasteiger partial charge >= 0.3 is 0 Å². The quantitative estimate of drug-likeness (QED) is 0.408. The molecule has 0 saturated heterocycles. The number of hydrogen-bond acceptors (Lipinski definition) is 3. The monoisotopic (exact) mass is 108 g/mol. The molecule has 0 aliphatic carbocycles. The molecular formula is C3H8O2S. The molecule has 2 N–H and O–H groups in total. The molecule has 0 unspecified atom stereocenters. The standard InChI is InChI=1S/C3H8O2S/c4-1-3(6)2-5/h3-6H,1-2H2. The van der Waals surface area contributed by atoms with E-state index in [0.717, 1.165) is 0 Å². The fourth-order valence-corrected chi connectivity index (χ4v) is 0.0577. The first-order valence-corrected chi connectivity index (χ1v) is 2.22. The van der Waals surface area contributed by atoms with Crippen molar-refractivity contribution < 1.29 is 10.2 Å². The third kappa shape index (κ3) is 2.50. The van der Waals surface area contributed by atoms with Gasteiger partial charge < -0.3 is 10.2 Å². The van der Waals surface area contributed by atoms with Crippen molar-refractivity contribution in [2.75, 3.05) is 13.2 Å². The van der Waals surface area contributed by atoms with E-state index in [0.29, 0.717) is 0 Å². The number of aliphatic hydroxyl groups is 2. The molecular weight excluding hydrogens is 100 g/mol. The molecule has 6 heavy (non-hydrogen) atoms. The van der Waals surface area contributed by atoms with Gasteiger partial charge in [0.25, 0.3) is 0 Å². The van der Waals surface area contributed by atoms with Gasteiger partial charge in [0.05, 0.1) is 13.2 Å². The van der Waals surface area contributed by atoms with Crippen molar-refractivity contribution in [2.45, 2.75) is 5.25 Å². The number of thiol groups is 1. The third-order valence-electron chi connectivity index (χ3n) is 0.421. The molecule has 0 saturated carbocycles. The van der Waals surface area contributed by atoms with E-state index in [2.05, 4.69) is 12.6 Å². The van der Waals surface area contributed by atoms with Gasteiger partial charge in [-0.1, -0.05) is 0 Å². The van der Waals surface area contributed by atoms with Crippen molar-refractivity contribution in [3.63, 3.8) is 0 Å².